The van der Waals surface area contributed by atoms with E-state index in [-0.39, 0.29) is 18.4 Å². The number of benzene rings is 1. The first-order valence-electron chi connectivity index (χ1n) is 8.16. The Morgan fingerprint density at radius 2 is 2.13 bits per heavy atom. The largest absolute Gasteiger partial charge is 0.391 e. The standard InChI is InChI=1S/C19H22N2O2/c1-2-13-7-9-15(20-12-13)11-18(23)21-19-16-6-4-3-5-14(16)8-10-17(19)22/h3-7,9,12,17,19,22H,2,8,10-11H2,1H3,(H,21,23)/t17-,19+/m1/s1. The van der Waals surface area contributed by atoms with Crippen LogP contribution in [-0.2, 0) is 24.1 Å². The van der Waals surface area contributed by atoms with Gasteiger partial charge < -0.3 is 10.4 Å². The summed E-state index contributed by atoms with van der Waals surface area (Å²) in [7, 11) is 0. The third-order valence-corrected chi connectivity index (χ3v) is 4.44. The van der Waals surface area contributed by atoms with Crippen LogP contribution in [0.15, 0.2) is 42.6 Å². The summed E-state index contributed by atoms with van der Waals surface area (Å²) >= 11 is 0. The molecule has 1 aliphatic carbocycles. The van der Waals surface area contributed by atoms with Gasteiger partial charge in [0.2, 0.25) is 5.91 Å². The van der Waals surface area contributed by atoms with Crippen LogP contribution in [0.4, 0.5) is 0 Å². The number of aryl methyl sites for hydroxylation is 2. The third kappa shape index (κ3) is 3.59. The van der Waals surface area contributed by atoms with Crippen molar-refractivity contribution in [2.75, 3.05) is 0 Å². The van der Waals surface area contributed by atoms with Gasteiger partial charge in [0.05, 0.1) is 18.6 Å². The minimum absolute atomic E-state index is 0.109. The van der Waals surface area contributed by atoms with E-state index in [4.69, 9.17) is 0 Å². The number of hydrogen-bond donors (Lipinski definition) is 2. The minimum atomic E-state index is -0.538. The molecular weight excluding hydrogens is 288 g/mol. The molecule has 0 spiro atoms. The van der Waals surface area contributed by atoms with Crippen molar-refractivity contribution in [3.63, 3.8) is 0 Å². The summed E-state index contributed by atoms with van der Waals surface area (Å²) in [5, 5.41) is 13.2. The van der Waals surface area contributed by atoms with Crippen molar-refractivity contribution in [2.24, 2.45) is 0 Å². The fraction of sp³-hybridized carbons (Fsp3) is 0.368. The van der Waals surface area contributed by atoms with Crippen molar-refractivity contribution >= 4 is 5.91 Å². The van der Waals surface area contributed by atoms with Crippen LogP contribution in [0.2, 0.25) is 0 Å². The molecule has 0 unspecified atom stereocenters. The number of rotatable bonds is 4. The lowest BCUT2D eigenvalue weighted by atomic mass is 9.85. The molecule has 4 heteroatoms. The van der Waals surface area contributed by atoms with Crippen molar-refractivity contribution in [2.45, 2.75) is 44.8 Å². The molecule has 3 rings (SSSR count). The van der Waals surface area contributed by atoms with Crippen molar-refractivity contribution < 1.29 is 9.90 Å². The summed E-state index contributed by atoms with van der Waals surface area (Å²) < 4.78 is 0. The molecule has 0 bridgehead atoms. The van der Waals surface area contributed by atoms with Crippen LogP contribution in [0, 0.1) is 0 Å². The van der Waals surface area contributed by atoms with Crippen LogP contribution in [0.3, 0.4) is 0 Å². The number of aliphatic hydroxyl groups excluding tert-OH is 1. The molecule has 4 nitrogen and oxygen atoms in total. The molecule has 23 heavy (non-hydrogen) atoms. The first kappa shape index (κ1) is 15.7. The molecule has 0 aliphatic heterocycles. The van der Waals surface area contributed by atoms with Gasteiger partial charge in [-0.15, -0.1) is 0 Å². The van der Waals surface area contributed by atoms with Gasteiger partial charge in [0, 0.05) is 11.9 Å². The fourth-order valence-electron chi connectivity index (χ4n) is 3.07. The van der Waals surface area contributed by atoms with E-state index in [9.17, 15) is 9.90 Å². The highest BCUT2D eigenvalue weighted by Gasteiger charge is 2.29. The monoisotopic (exact) mass is 310 g/mol. The van der Waals surface area contributed by atoms with E-state index < -0.39 is 6.10 Å². The van der Waals surface area contributed by atoms with Crippen molar-refractivity contribution in [1.29, 1.82) is 0 Å². The summed E-state index contributed by atoms with van der Waals surface area (Å²) in [6.45, 7) is 2.07. The first-order valence-corrected chi connectivity index (χ1v) is 8.16. The second-order valence-electron chi connectivity index (χ2n) is 6.04. The maximum Gasteiger partial charge on any atom is 0.226 e. The summed E-state index contributed by atoms with van der Waals surface area (Å²) in [5.41, 5.74) is 4.13. The van der Waals surface area contributed by atoms with Gasteiger partial charge in [-0.05, 0) is 42.0 Å². The van der Waals surface area contributed by atoms with E-state index >= 15 is 0 Å². The van der Waals surface area contributed by atoms with Crippen LogP contribution in [-0.4, -0.2) is 22.1 Å². The Kier molecular flexibility index (Phi) is 4.72. The van der Waals surface area contributed by atoms with E-state index in [2.05, 4.69) is 23.3 Å². The van der Waals surface area contributed by atoms with Gasteiger partial charge in [0.15, 0.2) is 0 Å². The molecule has 1 aliphatic rings. The van der Waals surface area contributed by atoms with E-state index in [1.165, 1.54) is 5.56 Å². The van der Waals surface area contributed by atoms with Crippen LogP contribution >= 0.6 is 0 Å². The van der Waals surface area contributed by atoms with E-state index in [0.29, 0.717) is 6.42 Å². The van der Waals surface area contributed by atoms with E-state index in [1.54, 1.807) is 0 Å². The molecule has 0 fully saturated rings. The molecule has 1 aromatic heterocycles. The third-order valence-electron chi connectivity index (χ3n) is 4.44. The summed E-state index contributed by atoms with van der Waals surface area (Å²) in [6, 6.07) is 11.5. The molecule has 2 atom stereocenters. The predicted octanol–water partition coefficient (Wildman–Crippen LogP) is 2.35. The van der Waals surface area contributed by atoms with Crippen LogP contribution < -0.4 is 5.32 Å². The summed E-state index contributed by atoms with van der Waals surface area (Å²) in [4.78, 5) is 16.7. The lowest BCUT2D eigenvalue weighted by Gasteiger charge is -2.31. The van der Waals surface area contributed by atoms with E-state index in [0.717, 1.165) is 29.7 Å². The van der Waals surface area contributed by atoms with Crippen molar-refractivity contribution in [1.82, 2.24) is 10.3 Å². The van der Waals surface area contributed by atoms with Crippen LogP contribution in [0.25, 0.3) is 0 Å². The van der Waals surface area contributed by atoms with Gasteiger partial charge in [0.25, 0.3) is 0 Å². The molecule has 0 saturated carbocycles. The maximum absolute atomic E-state index is 12.3. The van der Waals surface area contributed by atoms with Gasteiger partial charge in [-0.2, -0.15) is 0 Å². The summed E-state index contributed by atoms with van der Waals surface area (Å²) in [5.74, 6) is -0.109. The predicted molar refractivity (Wildman–Crippen MR) is 89.0 cm³/mol. The van der Waals surface area contributed by atoms with Gasteiger partial charge >= 0.3 is 0 Å². The Morgan fingerprint density at radius 1 is 1.30 bits per heavy atom. The zero-order valence-corrected chi connectivity index (χ0v) is 13.3. The molecule has 1 aromatic carbocycles. The fourth-order valence-corrected chi connectivity index (χ4v) is 3.07. The number of aromatic nitrogens is 1. The number of nitrogens with zero attached hydrogens (tertiary/aromatic N) is 1. The van der Waals surface area contributed by atoms with Crippen LogP contribution in [0.5, 0.6) is 0 Å². The maximum atomic E-state index is 12.3. The molecule has 0 radical (unpaired) electrons. The van der Waals surface area contributed by atoms with Gasteiger partial charge in [-0.25, -0.2) is 0 Å². The van der Waals surface area contributed by atoms with Gasteiger partial charge in [-0.3, -0.25) is 9.78 Å². The topological polar surface area (TPSA) is 62.2 Å². The zero-order valence-electron chi connectivity index (χ0n) is 13.3. The first-order chi connectivity index (χ1) is 11.2. The number of nitrogens with one attached hydrogen (secondary N) is 1. The lowest BCUT2D eigenvalue weighted by molar-refractivity contribution is -0.122. The Bertz CT molecular complexity index is 682. The van der Waals surface area contributed by atoms with Crippen molar-refractivity contribution in [3.05, 3.63) is 65.0 Å². The molecule has 2 aromatic rings. The molecule has 1 amide bonds. The Morgan fingerprint density at radius 3 is 2.87 bits per heavy atom. The molecule has 120 valence electrons. The Hall–Kier alpha value is -2.20. The molecule has 1 heterocycles. The highest BCUT2D eigenvalue weighted by molar-refractivity contribution is 5.78. The molecular formula is C19H22N2O2. The second-order valence-corrected chi connectivity index (χ2v) is 6.04. The SMILES string of the molecule is CCc1ccc(CC(=O)N[C@H]2c3ccccc3CC[C@H]2O)nc1. The highest BCUT2D eigenvalue weighted by Crippen LogP contribution is 2.29. The molecule has 0 saturated heterocycles. The number of hydrogen-bond acceptors (Lipinski definition) is 3. The van der Waals surface area contributed by atoms with Crippen molar-refractivity contribution in [3.8, 4) is 0 Å². The Labute approximate surface area is 136 Å². The Balaban J connectivity index is 1.69. The number of aliphatic hydroxyl groups is 1. The molecule has 2 N–H and O–H groups in total. The average Bonchev–Trinajstić information content (AvgIpc) is 2.58. The normalized spacial score (nSPS) is 19.9. The number of carbonyl (C=O) groups is 1. The minimum Gasteiger partial charge on any atom is -0.391 e. The van der Waals surface area contributed by atoms with Gasteiger partial charge in [0.1, 0.15) is 0 Å². The smallest absolute Gasteiger partial charge is 0.226 e. The number of carbonyl (C=O) groups excluding carboxylic acids is 1. The average molecular weight is 310 g/mol. The second kappa shape index (κ2) is 6.92. The van der Waals surface area contributed by atoms with Gasteiger partial charge in [-0.1, -0.05) is 37.3 Å². The van der Waals surface area contributed by atoms with Crippen LogP contribution in [0.1, 0.15) is 41.8 Å². The number of pyridine rings is 1. The quantitative estimate of drug-likeness (QED) is 0.911. The lowest BCUT2D eigenvalue weighted by Crippen LogP contribution is -2.40. The number of amides is 1. The highest BCUT2D eigenvalue weighted by atomic mass is 16.3. The number of fused-ring (bicyclic) bond motifs is 1. The summed E-state index contributed by atoms with van der Waals surface area (Å²) in [6.07, 6.45) is 3.96. The van der Waals surface area contributed by atoms with E-state index in [1.807, 2.05) is 36.5 Å². The zero-order chi connectivity index (χ0) is 16.2.